The van der Waals surface area contributed by atoms with Crippen molar-refractivity contribution in [2.75, 3.05) is 73.6 Å². The Morgan fingerprint density at radius 1 is 0.938 bits per heavy atom. The molecule has 0 aromatic carbocycles. The first kappa shape index (κ1) is 31.5. The quantitative estimate of drug-likeness (QED) is 0.0551. The van der Waals surface area contributed by atoms with Crippen molar-refractivity contribution in [3.8, 4) is 0 Å². The van der Waals surface area contributed by atoms with Gasteiger partial charge < -0.3 is 24.8 Å². The highest BCUT2D eigenvalue weighted by atomic mass is 31.2. The largest absolute Gasteiger partial charge is 0.501 e. The highest BCUT2D eigenvalue weighted by Crippen LogP contribution is 2.48. The van der Waals surface area contributed by atoms with Gasteiger partial charge in [0, 0.05) is 26.2 Å². The van der Waals surface area contributed by atoms with E-state index in [2.05, 4.69) is 19.4 Å². The zero-order valence-electron chi connectivity index (χ0n) is 18.4. The Balaban J connectivity index is 3.73. The number of amides is 1. The van der Waals surface area contributed by atoms with E-state index in [1.54, 1.807) is 0 Å². The molecule has 1 amide bonds. The minimum absolute atomic E-state index is 0.0293. The molecule has 0 radical (unpaired) electrons. The number of ether oxygens (including phenoxy) is 2. The molecule has 16 heteroatoms. The van der Waals surface area contributed by atoms with Gasteiger partial charge in [-0.3, -0.25) is 22.9 Å². The summed E-state index contributed by atoms with van der Waals surface area (Å²) in [5, 5.41) is 11.8. The third-order valence-electron chi connectivity index (χ3n) is 3.72. The molecule has 0 rings (SSSR count). The predicted molar refractivity (Wildman–Crippen MR) is 111 cm³/mol. The lowest BCUT2D eigenvalue weighted by molar-refractivity contribution is -0.200. The van der Waals surface area contributed by atoms with Crippen LogP contribution in [0.15, 0.2) is 0 Å². The number of aliphatic hydroxyl groups excluding tert-OH is 1. The summed E-state index contributed by atoms with van der Waals surface area (Å²) in [5.74, 6) is -0.313. The number of nitrogens with one attached hydrogen (secondary N) is 1. The fourth-order valence-corrected chi connectivity index (χ4v) is 3.59. The topological polar surface area (TPSA) is 178 Å². The fourth-order valence-electron chi connectivity index (χ4n) is 2.12. The van der Waals surface area contributed by atoms with Gasteiger partial charge in [-0.2, -0.15) is 0 Å². The first-order chi connectivity index (χ1) is 15.3. The van der Waals surface area contributed by atoms with Gasteiger partial charge in [-0.25, -0.2) is 14.0 Å². The van der Waals surface area contributed by atoms with Crippen molar-refractivity contribution in [2.45, 2.75) is 19.3 Å². The van der Waals surface area contributed by atoms with Crippen molar-refractivity contribution in [3.05, 3.63) is 0 Å². The monoisotopic (exact) mass is 511 g/mol. The molecule has 32 heavy (non-hydrogen) atoms. The molecule has 0 saturated heterocycles. The zero-order chi connectivity index (χ0) is 24.1. The summed E-state index contributed by atoms with van der Waals surface area (Å²) in [6, 6.07) is 0. The van der Waals surface area contributed by atoms with Crippen LogP contribution in [-0.2, 0) is 51.1 Å². The van der Waals surface area contributed by atoms with Gasteiger partial charge >= 0.3 is 15.6 Å². The van der Waals surface area contributed by atoms with Crippen LogP contribution in [0.25, 0.3) is 0 Å². The molecule has 3 atom stereocenters. The third kappa shape index (κ3) is 18.0. The Morgan fingerprint density at radius 2 is 1.56 bits per heavy atom. The van der Waals surface area contributed by atoms with Gasteiger partial charge in [-0.05, 0) is 12.8 Å². The van der Waals surface area contributed by atoms with Crippen molar-refractivity contribution in [3.63, 3.8) is 0 Å². The molecule has 0 aliphatic carbocycles. The molecule has 3 N–H and O–H groups in total. The van der Waals surface area contributed by atoms with Crippen LogP contribution in [0, 0.1) is 5.92 Å². The van der Waals surface area contributed by atoms with Crippen molar-refractivity contribution in [1.29, 1.82) is 0 Å². The molecule has 0 aromatic rings. The Bertz CT molecular complexity index is 554. The number of carbonyl (C=O) groups excluding carboxylic acids is 1. The predicted octanol–water partition coefficient (Wildman–Crippen LogP) is 1.03. The molecular formula is C16H35NO13P2. The second-order valence-corrected chi connectivity index (χ2v) is 9.26. The SMILES string of the molecule is COOP(=O)(OC)OCCOCCOCCOP(=O)(O)OCC(CO)CCCCNC=O. The number of hydrogen-bond acceptors (Lipinski definition) is 12. The first-order valence-corrected chi connectivity index (χ1v) is 12.9. The van der Waals surface area contributed by atoms with Gasteiger partial charge in [-0.1, -0.05) is 6.42 Å². The summed E-state index contributed by atoms with van der Waals surface area (Å²) in [7, 11) is -5.70. The highest BCUT2D eigenvalue weighted by molar-refractivity contribution is 7.48. The molecular weight excluding hydrogens is 476 g/mol. The number of unbranched alkanes of at least 4 members (excludes halogenated alkanes) is 1. The minimum Gasteiger partial charge on any atom is -0.396 e. The van der Waals surface area contributed by atoms with Crippen molar-refractivity contribution in [2.24, 2.45) is 5.92 Å². The van der Waals surface area contributed by atoms with Gasteiger partial charge in [0.25, 0.3) is 0 Å². The third-order valence-corrected chi connectivity index (χ3v) is 5.98. The number of phosphoric ester groups is 2. The zero-order valence-corrected chi connectivity index (χ0v) is 20.2. The Hall–Kier alpha value is -0.470. The Kier molecular flexibility index (Phi) is 19.7. The maximum Gasteiger partial charge on any atom is 0.501 e. The highest BCUT2D eigenvalue weighted by Gasteiger charge is 2.26. The summed E-state index contributed by atoms with van der Waals surface area (Å²) in [6.45, 7) is 0.465. The fraction of sp³-hybridized carbons (Fsp3) is 0.938. The molecule has 0 bridgehead atoms. The number of phosphoric acid groups is 2. The van der Waals surface area contributed by atoms with Crippen molar-refractivity contribution in [1.82, 2.24) is 5.32 Å². The normalized spacial score (nSPS) is 16.2. The van der Waals surface area contributed by atoms with Crippen LogP contribution >= 0.6 is 15.6 Å². The molecule has 0 spiro atoms. The number of rotatable bonds is 24. The van der Waals surface area contributed by atoms with Crippen LogP contribution in [0.1, 0.15) is 19.3 Å². The molecule has 0 aromatic heterocycles. The molecule has 0 saturated carbocycles. The van der Waals surface area contributed by atoms with E-state index in [9.17, 15) is 23.9 Å². The Labute approximate surface area is 187 Å². The maximum absolute atomic E-state index is 11.8. The second-order valence-electron chi connectivity index (χ2n) is 6.14. The first-order valence-electron chi connectivity index (χ1n) is 9.90. The lowest BCUT2D eigenvalue weighted by Crippen LogP contribution is -2.16. The minimum atomic E-state index is -4.26. The van der Waals surface area contributed by atoms with Crippen LogP contribution in [0.3, 0.4) is 0 Å². The van der Waals surface area contributed by atoms with E-state index in [-0.39, 0.29) is 58.8 Å². The molecule has 0 fully saturated rings. The summed E-state index contributed by atoms with van der Waals surface area (Å²) in [4.78, 5) is 24.1. The van der Waals surface area contributed by atoms with Gasteiger partial charge in [0.2, 0.25) is 6.41 Å². The summed E-state index contributed by atoms with van der Waals surface area (Å²) in [6.07, 6.45) is 2.64. The average Bonchev–Trinajstić information content (AvgIpc) is 2.77. The van der Waals surface area contributed by atoms with Crippen molar-refractivity contribution < 1.29 is 61.1 Å². The van der Waals surface area contributed by atoms with Crippen molar-refractivity contribution >= 4 is 22.1 Å². The van der Waals surface area contributed by atoms with Crippen LogP contribution in [0.5, 0.6) is 0 Å². The number of hydrogen-bond donors (Lipinski definition) is 3. The molecule has 0 aliphatic rings. The van der Waals surface area contributed by atoms with E-state index in [0.29, 0.717) is 19.4 Å². The molecule has 3 unspecified atom stereocenters. The summed E-state index contributed by atoms with van der Waals surface area (Å²) in [5.41, 5.74) is 0. The lowest BCUT2D eigenvalue weighted by Gasteiger charge is -2.17. The molecule has 0 aliphatic heterocycles. The van der Waals surface area contributed by atoms with Gasteiger partial charge in [-0.15, -0.1) is 4.67 Å². The number of carbonyl (C=O) groups is 1. The number of aliphatic hydroxyl groups is 1. The summed E-state index contributed by atoms with van der Waals surface area (Å²) < 4.78 is 57.4. The lowest BCUT2D eigenvalue weighted by atomic mass is 10.0. The van der Waals surface area contributed by atoms with E-state index in [1.807, 2.05) is 0 Å². The van der Waals surface area contributed by atoms with Crippen LogP contribution in [-0.4, -0.2) is 90.0 Å². The summed E-state index contributed by atoms with van der Waals surface area (Å²) >= 11 is 0. The van der Waals surface area contributed by atoms with Gasteiger partial charge in [0.05, 0.1) is 53.4 Å². The van der Waals surface area contributed by atoms with Gasteiger partial charge in [0.1, 0.15) is 0 Å². The van der Waals surface area contributed by atoms with E-state index in [0.717, 1.165) is 20.0 Å². The molecule has 192 valence electrons. The standard InChI is InChI=1S/C16H35NO13P2/c1-23-30-32(22,24-2)28-12-10-26-8-7-25-9-11-27-31(20,21)29-14-16(13-18)5-3-4-6-17-15-19/h15-16,18H,3-14H2,1-2H3,(H,17,19)(H,20,21). The van der Waals surface area contributed by atoms with E-state index >= 15 is 0 Å². The average molecular weight is 511 g/mol. The van der Waals surface area contributed by atoms with Crippen LogP contribution in [0.4, 0.5) is 0 Å². The van der Waals surface area contributed by atoms with E-state index < -0.39 is 15.6 Å². The molecule has 14 nitrogen and oxygen atoms in total. The van der Waals surface area contributed by atoms with Crippen LogP contribution < -0.4 is 5.32 Å². The van der Waals surface area contributed by atoms with E-state index in [1.165, 1.54) is 7.11 Å². The second kappa shape index (κ2) is 20.0. The van der Waals surface area contributed by atoms with Gasteiger partial charge in [0.15, 0.2) is 0 Å². The van der Waals surface area contributed by atoms with E-state index in [4.69, 9.17) is 23.0 Å². The Morgan fingerprint density at radius 3 is 2.12 bits per heavy atom. The maximum atomic E-state index is 11.8. The molecule has 0 heterocycles. The smallest absolute Gasteiger partial charge is 0.396 e. The van der Waals surface area contributed by atoms with Crippen LogP contribution in [0.2, 0.25) is 0 Å².